The first-order valence-electron chi connectivity index (χ1n) is 9.08. The largest absolute Gasteiger partial charge is 0.507 e. The second-order valence-electron chi connectivity index (χ2n) is 7.26. The molecule has 4 rings (SSSR count). The van der Waals surface area contributed by atoms with E-state index in [0.29, 0.717) is 30.3 Å². The molecule has 1 amide bonds. The second-order valence-corrected chi connectivity index (χ2v) is 7.26. The van der Waals surface area contributed by atoms with Crippen molar-refractivity contribution in [1.82, 2.24) is 20.1 Å². The first-order chi connectivity index (χ1) is 13.0. The number of benzene rings is 1. The maximum atomic E-state index is 11.7. The van der Waals surface area contributed by atoms with Crippen LogP contribution in [0.1, 0.15) is 36.9 Å². The van der Waals surface area contributed by atoms with Gasteiger partial charge in [-0.05, 0) is 35.8 Å². The summed E-state index contributed by atoms with van der Waals surface area (Å²) < 4.78 is 0. The minimum atomic E-state index is -0.0323. The quantitative estimate of drug-likeness (QED) is 0.695. The van der Waals surface area contributed by atoms with Crippen molar-refractivity contribution in [3.63, 3.8) is 0 Å². The molecule has 1 aromatic carbocycles. The van der Waals surface area contributed by atoms with Crippen LogP contribution in [-0.4, -0.2) is 44.2 Å². The van der Waals surface area contributed by atoms with E-state index in [1.165, 1.54) is 11.6 Å². The minimum Gasteiger partial charge on any atom is -0.507 e. The summed E-state index contributed by atoms with van der Waals surface area (Å²) in [6.07, 6.45) is 1.36. The number of nitrogens with one attached hydrogen (secondary N) is 1. The first-order valence-corrected chi connectivity index (χ1v) is 9.08. The van der Waals surface area contributed by atoms with E-state index in [9.17, 15) is 9.90 Å². The molecule has 138 valence electrons. The summed E-state index contributed by atoms with van der Waals surface area (Å²) in [5.41, 5.74) is 4.37. The molecular weight excluding hydrogens is 340 g/mol. The third kappa shape index (κ3) is 2.87. The number of hydrogen-bond donors (Lipinski definition) is 2. The van der Waals surface area contributed by atoms with Crippen LogP contribution in [-0.2, 0) is 4.79 Å². The van der Waals surface area contributed by atoms with Crippen molar-refractivity contribution < 1.29 is 9.90 Å². The van der Waals surface area contributed by atoms with Gasteiger partial charge in [0.15, 0.2) is 5.65 Å². The Hall–Kier alpha value is -3.15. The van der Waals surface area contributed by atoms with Crippen molar-refractivity contribution in [2.45, 2.75) is 25.7 Å². The maximum Gasteiger partial charge on any atom is 0.245 e. The van der Waals surface area contributed by atoms with E-state index in [2.05, 4.69) is 35.6 Å². The van der Waals surface area contributed by atoms with Crippen molar-refractivity contribution in [1.29, 1.82) is 0 Å². The van der Waals surface area contributed by atoms with Crippen LogP contribution in [0.3, 0.4) is 0 Å². The zero-order chi connectivity index (χ0) is 19.1. The number of para-hydroxylation sites is 1. The van der Waals surface area contributed by atoms with Crippen LogP contribution >= 0.6 is 0 Å². The summed E-state index contributed by atoms with van der Waals surface area (Å²) in [6, 6.07) is 9.11. The molecule has 1 aliphatic rings. The van der Waals surface area contributed by atoms with Gasteiger partial charge in [0.1, 0.15) is 5.75 Å². The Balaban J connectivity index is 1.76. The number of H-pyrrole nitrogens is 1. The number of hydrogen-bond acceptors (Lipinski definition) is 4. The lowest BCUT2D eigenvalue weighted by Gasteiger charge is -2.39. The summed E-state index contributed by atoms with van der Waals surface area (Å²) >= 11 is 0. The van der Waals surface area contributed by atoms with Crippen molar-refractivity contribution in [2.24, 2.45) is 0 Å². The molecule has 27 heavy (non-hydrogen) atoms. The first kappa shape index (κ1) is 17.3. The van der Waals surface area contributed by atoms with Crippen molar-refractivity contribution in [3.8, 4) is 17.0 Å². The Kier molecular flexibility index (Phi) is 4.18. The molecule has 2 N–H and O–H groups in total. The predicted octanol–water partition coefficient (Wildman–Crippen LogP) is 3.57. The number of amides is 1. The molecule has 1 fully saturated rings. The van der Waals surface area contributed by atoms with Crippen LogP contribution < -0.4 is 0 Å². The minimum absolute atomic E-state index is 0.0323. The van der Waals surface area contributed by atoms with Gasteiger partial charge in [-0.25, -0.2) is 0 Å². The van der Waals surface area contributed by atoms with Gasteiger partial charge in [0.05, 0.1) is 5.69 Å². The molecule has 1 saturated heterocycles. The van der Waals surface area contributed by atoms with Gasteiger partial charge in [-0.3, -0.25) is 4.79 Å². The predicted molar refractivity (Wildman–Crippen MR) is 105 cm³/mol. The highest BCUT2D eigenvalue weighted by Crippen LogP contribution is 2.38. The van der Waals surface area contributed by atoms with E-state index in [-0.39, 0.29) is 17.6 Å². The fraction of sp³-hybridized carbons (Fsp3) is 0.286. The Morgan fingerprint density at radius 2 is 2.07 bits per heavy atom. The molecule has 3 heterocycles. The Morgan fingerprint density at radius 3 is 2.74 bits per heavy atom. The average molecular weight is 362 g/mol. The summed E-state index contributed by atoms with van der Waals surface area (Å²) in [5.74, 6) is 0.703. The highest BCUT2D eigenvalue weighted by atomic mass is 16.3. The lowest BCUT2D eigenvalue weighted by atomic mass is 9.88. The molecule has 3 aromatic rings. The average Bonchev–Trinajstić information content (AvgIpc) is 2.98. The van der Waals surface area contributed by atoms with Gasteiger partial charge in [-0.1, -0.05) is 32.6 Å². The Labute approximate surface area is 157 Å². The number of carbonyl (C=O) groups excluding carboxylic acids is 1. The summed E-state index contributed by atoms with van der Waals surface area (Å²) in [5, 5.41) is 19.8. The highest BCUT2D eigenvalue weighted by Gasteiger charge is 2.34. The summed E-state index contributed by atoms with van der Waals surface area (Å²) in [7, 11) is 0. The third-order valence-corrected chi connectivity index (χ3v) is 5.16. The van der Waals surface area contributed by atoms with Gasteiger partial charge in [0.25, 0.3) is 0 Å². The van der Waals surface area contributed by atoms with E-state index in [1.807, 2.05) is 18.2 Å². The van der Waals surface area contributed by atoms with E-state index >= 15 is 0 Å². The fourth-order valence-electron chi connectivity index (χ4n) is 3.77. The monoisotopic (exact) mass is 362 g/mol. The normalized spacial score (nSPS) is 14.6. The zero-order valence-corrected chi connectivity index (χ0v) is 15.4. The molecule has 0 atom stereocenters. The van der Waals surface area contributed by atoms with Crippen LogP contribution in [0.5, 0.6) is 5.75 Å². The highest BCUT2D eigenvalue weighted by molar-refractivity contribution is 5.89. The lowest BCUT2D eigenvalue weighted by molar-refractivity contribution is -0.130. The van der Waals surface area contributed by atoms with Gasteiger partial charge in [-0.2, -0.15) is 0 Å². The smallest absolute Gasteiger partial charge is 0.245 e. The van der Waals surface area contributed by atoms with Gasteiger partial charge in [0, 0.05) is 35.7 Å². The van der Waals surface area contributed by atoms with Crippen LogP contribution in [0.25, 0.3) is 22.3 Å². The molecule has 6 nitrogen and oxygen atoms in total. The molecule has 2 aromatic heterocycles. The number of phenolic OH excluding ortho intramolecular Hbond substituents is 1. The molecule has 0 spiro atoms. The van der Waals surface area contributed by atoms with Gasteiger partial charge < -0.3 is 15.0 Å². The fourth-order valence-corrected chi connectivity index (χ4v) is 3.77. The van der Waals surface area contributed by atoms with Gasteiger partial charge in [-0.15, -0.1) is 10.2 Å². The van der Waals surface area contributed by atoms with E-state index < -0.39 is 0 Å². The Morgan fingerprint density at radius 1 is 1.33 bits per heavy atom. The molecule has 6 heteroatoms. The van der Waals surface area contributed by atoms with Gasteiger partial charge in [0.2, 0.25) is 5.91 Å². The molecule has 1 aliphatic heterocycles. The number of aromatic nitrogens is 3. The van der Waals surface area contributed by atoms with Crippen LogP contribution in [0, 0.1) is 0 Å². The lowest BCUT2D eigenvalue weighted by Crippen LogP contribution is -2.48. The van der Waals surface area contributed by atoms with E-state index in [0.717, 1.165) is 16.7 Å². The standard InChI is InChI=1S/C21H22N4O2/c1-4-18(27)25-10-13(11-25)20-19(12(2)3)15-9-16(23-24-21(15)22-20)14-7-5-6-8-17(14)26/h4-9,12-13,26H,1,10-11H2,2-3H3,(H,22,24). The molecule has 0 radical (unpaired) electrons. The molecule has 0 bridgehead atoms. The van der Waals surface area contributed by atoms with Crippen molar-refractivity contribution in [3.05, 3.63) is 54.2 Å². The number of phenols is 1. The van der Waals surface area contributed by atoms with Crippen LogP contribution in [0.15, 0.2) is 43.0 Å². The van der Waals surface area contributed by atoms with Crippen molar-refractivity contribution >= 4 is 16.9 Å². The molecule has 0 aliphatic carbocycles. The summed E-state index contributed by atoms with van der Waals surface area (Å²) in [6.45, 7) is 9.21. The number of rotatable bonds is 4. The molecule has 0 unspecified atom stereocenters. The molecule has 0 saturated carbocycles. The zero-order valence-electron chi connectivity index (χ0n) is 15.4. The van der Waals surface area contributed by atoms with Crippen LogP contribution in [0.4, 0.5) is 0 Å². The number of aromatic hydroxyl groups is 1. The molecular formula is C21H22N4O2. The number of aromatic amines is 1. The topological polar surface area (TPSA) is 82.1 Å². The Bertz CT molecular complexity index is 1030. The SMILES string of the molecule is C=CC(=O)N1CC(c2[nH]c3nnc(-c4ccccc4O)cc3c2C(C)C)C1. The number of carbonyl (C=O) groups is 1. The summed E-state index contributed by atoms with van der Waals surface area (Å²) in [4.78, 5) is 16.9. The van der Waals surface area contributed by atoms with Crippen LogP contribution in [0.2, 0.25) is 0 Å². The second kappa shape index (κ2) is 6.54. The van der Waals surface area contributed by atoms with E-state index in [4.69, 9.17) is 0 Å². The number of nitrogens with zero attached hydrogens (tertiary/aromatic N) is 3. The van der Waals surface area contributed by atoms with Gasteiger partial charge >= 0.3 is 0 Å². The van der Waals surface area contributed by atoms with Crippen molar-refractivity contribution in [2.75, 3.05) is 13.1 Å². The third-order valence-electron chi connectivity index (χ3n) is 5.16. The van der Waals surface area contributed by atoms with E-state index in [1.54, 1.807) is 17.0 Å². The number of fused-ring (bicyclic) bond motifs is 1. The maximum absolute atomic E-state index is 11.7. The number of likely N-dealkylation sites (tertiary alicyclic amines) is 1.